The number of hydrogen-bond donors (Lipinski definition) is 0. The smallest absolute Gasteiger partial charge is 0.0498 e. The van der Waals surface area contributed by atoms with Crippen molar-refractivity contribution in [3.05, 3.63) is 65.2 Å². The lowest BCUT2D eigenvalue weighted by molar-refractivity contribution is 0.319. The van der Waals surface area contributed by atoms with Gasteiger partial charge in [-0.1, -0.05) is 42.0 Å². The molecule has 0 saturated heterocycles. The van der Waals surface area contributed by atoms with Crippen LogP contribution >= 0.6 is 0 Å². The molecule has 0 unspecified atom stereocenters. The molecule has 0 amide bonds. The highest BCUT2D eigenvalue weighted by molar-refractivity contribution is 7.84. The van der Waals surface area contributed by atoms with E-state index in [-0.39, 0.29) is 0 Å². The fraction of sp³-hybridized carbons (Fsp3) is 0.294. The van der Waals surface area contributed by atoms with Crippen molar-refractivity contribution in [2.24, 2.45) is 0 Å². The summed E-state index contributed by atoms with van der Waals surface area (Å²) in [7, 11) is 1.22. The van der Waals surface area contributed by atoms with E-state index in [4.69, 9.17) is 0 Å². The fourth-order valence-corrected chi connectivity index (χ4v) is 2.80. The average Bonchev–Trinajstić information content (AvgIpc) is 2.39. The number of hydrogen-bond acceptors (Lipinski definition) is 2. The van der Waals surface area contributed by atoms with Crippen LogP contribution in [0, 0.1) is 6.92 Å². The number of nitrogens with zero attached hydrogens (tertiary/aromatic N) is 1. The van der Waals surface area contributed by atoms with Crippen LogP contribution in [-0.4, -0.2) is 22.4 Å². The lowest BCUT2D eigenvalue weighted by atomic mass is 10.1. The normalized spacial score (nSPS) is 12.6. The Morgan fingerprint density at radius 3 is 2.25 bits per heavy atom. The Kier molecular flexibility index (Phi) is 5.10. The molecule has 0 aromatic heterocycles. The van der Waals surface area contributed by atoms with Crippen molar-refractivity contribution < 1.29 is 4.21 Å². The van der Waals surface area contributed by atoms with Crippen molar-refractivity contribution in [1.29, 1.82) is 0 Å². The first-order valence-corrected chi connectivity index (χ1v) is 8.27. The Morgan fingerprint density at radius 1 is 1.00 bits per heavy atom. The molecule has 0 saturated carbocycles. The number of aryl methyl sites for hydroxylation is 1. The summed E-state index contributed by atoms with van der Waals surface area (Å²) in [5, 5.41) is 0. The number of benzene rings is 2. The fourth-order valence-electron chi connectivity index (χ4n) is 2.28. The van der Waals surface area contributed by atoms with Crippen LogP contribution in [0.4, 0.5) is 0 Å². The first-order valence-electron chi connectivity index (χ1n) is 6.71. The van der Waals surface area contributed by atoms with Gasteiger partial charge in [0, 0.05) is 35.0 Å². The average molecular weight is 287 g/mol. The molecule has 2 aromatic rings. The maximum absolute atomic E-state index is 11.4. The second kappa shape index (κ2) is 6.82. The van der Waals surface area contributed by atoms with E-state index in [0.717, 1.165) is 18.0 Å². The first kappa shape index (κ1) is 14.9. The van der Waals surface area contributed by atoms with E-state index >= 15 is 0 Å². The third-order valence-electron chi connectivity index (χ3n) is 3.24. The van der Waals surface area contributed by atoms with Crippen LogP contribution < -0.4 is 0 Å². The van der Waals surface area contributed by atoms with Crippen molar-refractivity contribution in [3.8, 4) is 0 Å². The molecule has 20 heavy (non-hydrogen) atoms. The molecule has 1 atom stereocenters. The van der Waals surface area contributed by atoms with Crippen molar-refractivity contribution >= 4 is 10.8 Å². The zero-order chi connectivity index (χ0) is 14.5. The van der Waals surface area contributed by atoms with E-state index in [2.05, 4.69) is 55.3 Å². The van der Waals surface area contributed by atoms with Gasteiger partial charge in [-0.2, -0.15) is 0 Å². The van der Waals surface area contributed by atoms with Gasteiger partial charge in [-0.3, -0.25) is 9.11 Å². The lowest BCUT2D eigenvalue weighted by Crippen LogP contribution is -2.17. The van der Waals surface area contributed by atoms with E-state index < -0.39 is 10.8 Å². The van der Waals surface area contributed by atoms with Crippen LogP contribution in [-0.2, 0) is 23.9 Å². The van der Waals surface area contributed by atoms with Crippen molar-refractivity contribution in [2.45, 2.75) is 24.9 Å². The summed E-state index contributed by atoms with van der Waals surface area (Å²) in [5.74, 6) is 0. The van der Waals surface area contributed by atoms with Gasteiger partial charge in [0.1, 0.15) is 0 Å². The Morgan fingerprint density at radius 2 is 1.65 bits per heavy atom. The molecular weight excluding hydrogens is 266 g/mol. The van der Waals surface area contributed by atoms with Gasteiger partial charge in [0.2, 0.25) is 0 Å². The predicted octanol–water partition coefficient (Wildman–Crippen LogP) is 3.36. The van der Waals surface area contributed by atoms with Crippen LogP contribution in [0.15, 0.2) is 53.4 Å². The third-order valence-corrected chi connectivity index (χ3v) is 4.18. The molecule has 0 bridgehead atoms. The summed E-state index contributed by atoms with van der Waals surface area (Å²) in [4.78, 5) is 3.17. The SMILES string of the molecule is Cc1cccc(CN(C)Cc2ccc([S@@](C)=O)cc2)c1. The van der Waals surface area contributed by atoms with Crippen molar-refractivity contribution in [2.75, 3.05) is 13.3 Å². The van der Waals surface area contributed by atoms with Gasteiger partial charge < -0.3 is 0 Å². The molecule has 3 heteroatoms. The molecule has 2 nitrogen and oxygen atoms in total. The maximum Gasteiger partial charge on any atom is 0.0498 e. The standard InChI is InChI=1S/C17H21NOS/c1-14-5-4-6-16(11-14)13-18(2)12-15-7-9-17(10-8-15)20(3)19/h4-11H,12-13H2,1-3H3/t20-/m1/s1. The molecular formula is C17H21NOS. The molecule has 0 aliphatic rings. The van der Waals surface area contributed by atoms with Crippen LogP contribution in [0.5, 0.6) is 0 Å². The second-order valence-electron chi connectivity index (χ2n) is 5.26. The molecule has 0 spiro atoms. The molecule has 2 aromatic carbocycles. The van der Waals surface area contributed by atoms with E-state index in [1.807, 2.05) is 12.1 Å². The minimum Gasteiger partial charge on any atom is -0.298 e. The van der Waals surface area contributed by atoms with Gasteiger partial charge >= 0.3 is 0 Å². The molecule has 0 heterocycles. The van der Waals surface area contributed by atoms with Crippen LogP contribution in [0.25, 0.3) is 0 Å². The minimum atomic E-state index is -0.898. The summed E-state index contributed by atoms with van der Waals surface area (Å²) in [6.45, 7) is 3.95. The molecule has 0 aliphatic carbocycles. The van der Waals surface area contributed by atoms with Crippen molar-refractivity contribution in [3.63, 3.8) is 0 Å². The monoisotopic (exact) mass is 287 g/mol. The van der Waals surface area contributed by atoms with Gasteiger partial charge in [-0.15, -0.1) is 0 Å². The van der Waals surface area contributed by atoms with E-state index in [1.54, 1.807) is 6.26 Å². The maximum atomic E-state index is 11.4. The van der Waals surface area contributed by atoms with Gasteiger partial charge in [-0.05, 0) is 37.2 Å². The van der Waals surface area contributed by atoms with Gasteiger partial charge in [0.15, 0.2) is 0 Å². The largest absolute Gasteiger partial charge is 0.298 e. The Balaban J connectivity index is 1.97. The highest BCUT2D eigenvalue weighted by Crippen LogP contribution is 2.12. The van der Waals surface area contributed by atoms with Crippen LogP contribution in [0.3, 0.4) is 0 Å². The zero-order valence-corrected chi connectivity index (χ0v) is 13.1. The van der Waals surface area contributed by atoms with E-state index in [0.29, 0.717) is 0 Å². The lowest BCUT2D eigenvalue weighted by Gasteiger charge is -2.17. The Bertz CT molecular complexity index is 592. The van der Waals surface area contributed by atoms with Gasteiger partial charge in [0.25, 0.3) is 0 Å². The summed E-state index contributed by atoms with van der Waals surface area (Å²) in [6, 6.07) is 16.6. The van der Waals surface area contributed by atoms with Gasteiger partial charge in [-0.25, -0.2) is 0 Å². The highest BCUT2D eigenvalue weighted by Gasteiger charge is 2.03. The van der Waals surface area contributed by atoms with Crippen LogP contribution in [0.1, 0.15) is 16.7 Å². The first-order chi connectivity index (χ1) is 9.54. The van der Waals surface area contributed by atoms with E-state index in [1.165, 1.54) is 16.7 Å². The molecule has 0 aliphatic heterocycles. The van der Waals surface area contributed by atoms with Crippen LogP contribution in [0.2, 0.25) is 0 Å². The summed E-state index contributed by atoms with van der Waals surface area (Å²) >= 11 is 0. The molecule has 0 fully saturated rings. The molecule has 2 rings (SSSR count). The molecule has 106 valence electrons. The Labute approximate surface area is 123 Å². The molecule has 0 N–H and O–H groups in total. The summed E-state index contributed by atoms with van der Waals surface area (Å²) in [6.07, 6.45) is 1.71. The highest BCUT2D eigenvalue weighted by atomic mass is 32.2. The predicted molar refractivity (Wildman–Crippen MR) is 85.1 cm³/mol. The Hall–Kier alpha value is -1.45. The summed E-state index contributed by atoms with van der Waals surface area (Å²) in [5.41, 5.74) is 3.87. The zero-order valence-electron chi connectivity index (χ0n) is 12.3. The van der Waals surface area contributed by atoms with E-state index in [9.17, 15) is 4.21 Å². The number of rotatable bonds is 5. The quantitative estimate of drug-likeness (QED) is 0.840. The second-order valence-corrected chi connectivity index (χ2v) is 6.64. The van der Waals surface area contributed by atoms with Crippen molar-refractivity contribution in [1.82, 2.24) is 4.90 Å². The topological polar surface area (TPSA) is 20.3 Å². The summed E-state index contributed by atoms with van der Waals surface area (Å²) < 4.78 is 11.4. The minimum absolute atomic E-state index is 0.884. The molecule has 0 radical (unpaired) electrons. The third kappa shape index (κ3) is 4.29. The van der Waals surface area contributed by atoms with Gasteiger partial charge in [0.05, 0.1) is 0 Å².